The fourth-order valence-corrected chi connectivity index (χ4v) is 2.16. The average Bonchev–Trinajstić information content (AvgIpc) is 2.59. The quantitative estimate of drug-likeness (QED) is 0.457. The summed E-state index contributed by atoms with van der Waals surface area (Å²) in [4.78, 5) is 0. The molecule has 18 heteroatoms. The first kappa shape index (κ1) is 27.1. The second-order valence-corrected chi connectivity index (χ2v) is 5.64. The molecule has 1 rings (SSSR count). The molecule has 1 aromatic rings. The monoisotopic (exact) mass is 500 g/mol. The summed E-state index contributed by atoms with van der Waals surface area (Å²) in [5.41, 5.74) is -13.8. The molecular formula is C14F16N2. The van der Waals surface area contributed by atoms with Crippen molar-refractivity contribution in [2.24, 2.45) is 0 Å². The topological polar surface area (TPSA) is 47.6 Å². The molecule has 0 saturated carbocycles. The minimum atomic E-state index is -7.67. The van der Waals surface area contributed by atoms with Gasteiger partial charge in [-0.05, 0) is 0 Å². The molecule has 0 aliphatic rings. The second kappa shape index (κ2) is 7.31. The number of alkyl halides is 14. The summed E-state index contributed by atoms with van der Waals surface area (Å²) in [6.07, 6.45) is -15.0. The van der Waals surface area contributed by atoms with Gasteiger partial charge in [-0.25, -0.2) is 8.78 Å². The van der Waals surface area contributed by atoms with Crippen molar-refractivity contribution in [3.63, 3.8) is 0 Å². The van der Waals surface area contributed by atoms with Crippen LogP contribution in [0.25, 0.3) is 0 Å². The van der Waals surface area contributed by atoms with Gasteiger partial charge in [-0.1, -0.05) is 0 Å². The van der Waals surface area contributed by atoms with E-state index in [1.165, 1.54) is 0 Å². The molecule has 2 nitrogen and oxygen atoms in total. The van der Waals surface area contributed by atoms with E-state index in [0.717, 1.165) is 0 Å². The zero-order chi connectivity index (χ0) is 25.9. The molecule has 0 heterocycles. The van der Waals surface area contributed by atoms with Gasteiger partial charge in [0.2, 0.25) is 0 Å². The third-order valence-corrected chi connectivity index (χ3v) is 3.73. The van der Waals surface area contributed by atoms with Crippen molar-refractivity contribution in [2.75, 3.05) is 0 Å². The molecule has 0 bridgehead atoms. The third kappa shape index (κ3) is 3.45. The highest BCUT2D eigenvalue weighted by Crippen LogP contribution is 2.59. The molecule has 1 aromatic carbocycles. The van der Waals surface area contributed by atoms with E-state index >= 15 is 0 Å². The van der Waals surface area contributed by atoms with Gasteiger partial charge in [0.05, 0.1) is 11.1 Å². The zero-order valence-corrected chi connectivity index (χ0v) is 13.9. The maximum atomic E-state index is 14.2. The Hall–Kier alpha value is -2.92. The lowest BCUT2D eigenvalue weighted by atomic mass is 9.85. The number of hydrogen-bond acceptors (Lipinski definition) is 2. The van der Waals surface area contributed by atoms with E-state index in [1.807, 2.05) is 0 Å². The minimum absolute atomic E-state index is 0.254. The summed E-state index contributed by atoms with van der Waals surface area (Å²) in [6, 6.07) is 0.509. The van der Waals surface area contributed by atoms with Gasteiger partial charge in [-0.15, -0.1) is 0 Å². The smallest absolute Gasteiger partial charge is 0.205 e. The van der Waals surface area contributed by atoms with E-state index in [2.05, 4.69) is 0 Å². The number of nitrogens with zero attached hydrogens (tertiary/aromatic N) is 2. The van der Waals surface area contributed by atoms with E-state index in [0.29, 0.717) is 0 Å². The predicted octanol–water partition coefficient (Wildman–Crippen LogP) is 6.29. The summed E-state index contributed by atoms with van der Waals surface area (Å²) >= 11 is 0. The van der Waals surface area contributed by atoms with Gasteiger partial charge < -0.3 is 0 Å². The van der Waals surface area contributed by atoms with Crippen LogP contribution in [-0.2, 0) is 11.8 Å². The Morgan fingerprint density at radius 1 is 0.469 bits per heavy atom. The van der Waals surface area contributed by atoms with Gasteiger partial charge in [0, 0.05) is 0 Å². The normalized spacial score (nSPS) is 14.2. The van der Waals surface area contributed by atoms with Gasteiger partial charge in [0.1, 0.15) is 23.3 Å². The zero-order valence-electron chi connectivity index (χ0n) is 13.9. The molecule has 0 aromatic heterocycles. The number of benzene rings is 1. The van der Waals surface area contributed by atoms with E-state index < -0.39 is 69.9 Å². The van der Waals surface area contributed by atoms with Gasteiger partial charge in [-0.2, -0.15) is 72.0 Å². The van der Waals surface area contributed by atoms with E-state index in [-0.39, 0.29) is 12.1 Å². The Kier molecular flexibility index (Phi) is 6.19. The summed E-state index contributed by atoms with van der Waals surface area (Å²) in [5, 5.41) is 17.0. The molecule has 178 valence electrons. The van der Waals surface area contributed by atoms with Crippen LogP contribution in [0.5, 0.6) is 0 Å². The van der Waals surface area contributed by atoms with Crippen LogP contribution in [-0.4, -0.2) is 24.2 Å². The highest BCUT2D eigenvalue weighted by molar-refractivity contribution is 5.56. The highest BCUT2D eigenvalue weighted by atomic mass is 19.4. The predicted molar refractivity (Wildman–Crippen MR) is 65.6 cm³/mol. The molecular weight excluding hydrogens is 500 g/mol. The molecule has 0 spiro atoms. The number of rotatable bonds is 4. The molecule has 0 unspecified atom stereocenters. The first-order chi connectivity index (χ1) is 14.0. The SMILES string of the molecule is N#Cc1c(F)c(C(F)(F)C(F)(F)C(F)(F)F)c(C(F)(F)C(F)(F)C(F)(F)F)c(F)c1C#N. The van der Waals surface area contributed by atoms with Crippen LogP contribution in [0, 0.1) is 34.3 Å². The van der Waals surface area contributed by atoms with Crippen LogP contribution >= 0.6 is 0 Å². The number of nitriles is 2. The van der Waals surface area contributed by atoms with Crippen molar-refractivity contribution in [3.05, 3.63) is 33.9 Å². The maximum absolute atomic E-state index is 14.2. The van der Waals surface area contributed by atoms with Gasteiger partial charge in [-0.3, -0.25) is 0 Å². The lowest BCUT2D eigenvalue weighted by Crippen LogP contribution is -2.54. The fraction of sp³-hybridized carbons (Fsp3) is 0.429. The molecule has 0 atom stereocenters. The average molecular weight is 500 g/mol. The molecule has 0 radical (unpaired) electrons. The Morgan fingerprint density at radius 2 is 0.688 bits per heavy atom. The standard InChI is InChI=1S/C14F16N2/c15-7-3(1-31)4(2-32)8(16)6(10(19,20)12(23,24)14(28,29)30)5(7)9(17,18)11(21,22)13(25,26)27. The van der Waals surface area contributed by atoms with Crippen LogP contribution in [0.1, 0.15) is 22.3 Å². The first-order valence-corrected chi connectivity index (χ1v) is 6.97. The second-order valence-electron chi connectivity index (χ2n) is 5.64. The van der Waals surface area contributed by atoms with E-state index in [4.69, 9.17) is 10.5 Å². The summed E-state index contributed by atoms with van der Waals surface area (Å²) in [6.45, 7) is 0. The maximum Gasteiger partial charge on any atom is 0.460 e. The summed E-state index contributed by atoms with van der Waals surface area (Å²) in [5.74, 6) is -37.7. The molecule has 0 saturated heterocycles. The van der Waals surface area contributed by atoms with Gasteiger partial charge in [0.15, 0.2) is 11.6 Å². The van der Waals surface area contributed by atoms with E-state index in [1.54, 1.807) is 0 Å². The lowest BCUT2D eigenvalue weighted by molar-refractivity contribution is -0.368. The van der Waals surface area contributed by atoms with Crippen molar-refractivity contribution in [3.8, 4) is 12.1 Å². The van der Waals surface area contributed by atoms with Crippen LogP contribution in [0.15, 0.2) is 0 Å². The van der Waals surface area contributed by atoms with Crippen molar-refractivity contribution >= 4 is 0 Å². The highest BCUT2D eigenvalue weighted by Gasteiger charge is 2.79. The number of halogens is 16. The number of hydrogen-bond donors (Lipinski definition) is 0. The van der Waals surface area contributed by atoms with Gasteiger partial charge >= 0.3 is 36.0 Å². The Bertz CT molecular complexity index is 921. The first-order valence-electron chi connectivity index (χ1n) is 6.97. The fourth-order valence-electron chi connectivity index (χ4n) is 2.16. The van der Waals surface area contributed by atoms with Crippen molar-refractivity contribution in [2.45, 2.75) is 36.0 Å². The Morgan fingerprint density at radius 3 is 0.844 bits per heavy atom. The van der Waals surface area contributed by atoms with Crippen molar-refractivity contribution in [1.29, 1.82) is 10.5 Å². The van der Waals surface area contributed by atoms with Crippen LogP contribution in [0.3, 0.4) is 0 Å². The minimum Gasteiger partial charge on any atom is -0.205 e. The summed E-state index contributed by atoms with van der Waals surface area (Å²) < 4.78 is 211. The molecule has 0 N–H and O–H groups in total. The molecule has 0 aliphatic carbocycles. The Labute approximate surface area is 164 Å². The lowest BCUT2D eigenvalue weighted by Gasteiger charge is -2.34. The van der Waals surface area contributed by atoms with Crippen LogP contribution in [0.2, 0.25) is 0 Å². The molecule has 0 fully saturated rings. The van der Waals surface area contributed by atoms with E-state index in [9.17, 15) is 70.2 Å². The Balaban J connectivity index is 4.45. The molecule has 0 aliphatic heterocycles. The molecule has 32 heavy (non-hydrogen) atoms. The van der Waals surface area contributed by atoms with Crippen LogP contribution in [0.4, 0.5) is 70.2 Å². The van der Waals surface area contributed by atoms with Crippen molar-refractivity contribution in [1.82, 2.24) is 0 Å². The van der Waals surface area contributed by atoms with Crippen molar-refractivity contribution < 1.29 is 70.2 Å². The van der Waals surface area contributed by atoms with Gasteiger partial charge in [0.25, 0.3) is 0 Å². The van der Waals surface area contributed by atoms with Crippen LogP contribution < -0.4 is 0 Å². The molecule has 0 amide bonds. The largest absolute Gasteiger partial charge is 0.460 e. The summed E-state index contributed by atoms with van der Waals surface area (Å²) in [7, 11) is 0. The third-order valence-electron chi connectivity index (χ3n) is 3.73.